The molecule has 0 aromatic heterocycles. The smallest absolute Gasteiger partial charge is 1.00 e. The van der Waals surface area contributed by atoms with Crippen molar-refractivity contribution in [3.63, 3.8) is 0 Å². The summed E-state index contributed by atoms with van der Waals surface area (Å²) in [6, 6.07) is 0. The molecule has 5 nitrogen and oxygen atoms in total. The van der Waals surface area contributed by atoms with Gasteiger partial charge in [0.15, 0.2) is 0 Å². The van der Waals surface area contributed by atoms with Crippen LogP contribution in [0, 0.1) is 0 Å². The van der Waals surface area contributed by atoms with Crippen LogP contribution in [-0.2, 0) is 20.9 Å². The molecule has 0 saturated heterocycles. The second-order valence-corrected chi connectivity index (χ2v) is 1.06. The zero-order chi connectivity index (χ0) is 3.58. The van der Waals surface area contributed by atoms with Crippen molar-refractivity contribution in [1.29, 1.82) is 0 Å². The van der Waals surface area contributed by atoms with Crippen molar-refractivity contribution in [3.05, 3.63) is 0 Å². The van der Waals surface area contributed by atoms with Gasteiger partial charge < -0.3 is 11.0 Å². The molecule has 52 valence electrons. The standard InChI is InChI=1S/Cu.H2O3Se.2H2O/c;1-4(2)3;;/h;(H2,1,2,3);2*1H2/q+1;;;/p-2. The van der Waals surface area contributed by atoms with Crippen LogP contribution in [0.3, 0.4) is 0 Å². The van der Waals surface area contributed by atoms with E-state index in [1.54, 1.807) is 0 Å². The van der Waals surface area contributed by atoms with Gasteiger partial charge in [0.05, 0.1) is 0 Å². The summed E-state index contributed by atoms with van der Waals surface area (Å²) in [6.45, 7) is 0. The molecule has 7 heteroatoms. The Kier molecular flexibility index (Phi) is 57.5. The molecule has 7 heavy (non-hydrogen) atoms. The van der Waals surface area contributed by atoms with E-state index in [-0.39, 0.29) is 28.0 Å². The third-order valence-electron chi connectivity index (χ3n) is 0. The van der Waals surface area contributed by atoms with Gasteiger partial charge in [0.25, 0.3) is 0 Å². The molecule has 4 N–H and O–H groups in total. The second kappa shape index (κ2) is 15.9. The normalized spacial score (nSPS) is 5.00. The van der Waals surface area contributed by atoms with E-state index < -0.39 is 14.5 Å². The molecule has 0 aliphatic carbocycles. The Bertz CT molecular complexity index is 31.1. The van der Waals surface area contributed by atoms with Crippen molar-refractivity contribution in [2.45, 2.75) is 0 Å². The van der Waals surface area contributed by atoms with Crippen LogP contribution < -0.4 is 8.38 Å². The van der Waals surface area contributed by atoms with Crippen LogP contribution in [-0.4, -0.2) is 25.4 Å². The van der Waals surface area contributed by atoms with Crippen molar-refractivity contribution in [2.75, 3.05) is 0 Å². The third-order valence-corrected chi connectivity index (χ3v) is 0. The van der Waals surface area contributed by atoms with E-state index in [1.807, 2.05) is 0 Å². The van der Waals surface area contributed by atoms with Crippen molar-refractivity contribution < 1.29 is 40.2 Å². The van der Waals surface area contributed by atoms with Crippen LogP contribution in [0.4, 0.5) is 0 Å². The molecule has 0 fully saturated rings. The predicted molar refractivity (Wildman–Crippen MR) is 13.7 cm³/mol. The maximum atomic E-state index is 8.54. The van der Waals surface area contributed by atoms with E-state index in [2.05, 4.69) is 0 Å². The Morgan fingerprint density at radius 2 is 1.14 bits per heavy atom. The Hall–Kier alpha value is 0.679. The molecule has 0 rings (SSSR count). The van der Waals surface area contributed by atoms with Gasteiger partial charge in [-0.3, -0.25) is 0 Å². The van der Waals surface area contributed by atoms with Gasteiger partial charge >= 0.3 is 43.8 Å². The summed E-state index contributed by atoms with van der Waals surface area (Å²) in [4.78, 5) is 0. The van der Waals surface area contributed by atoms with E-state index in [4.69, 9.17) is 12.2 Å². The van der Waals surface area contributed by atoms with Crippen LogP contribution in [0.5, 0.6) is 0 Å². The quantitative estimate of drug-likeness (QED) is 0.386. The largest absolute Gasteiger partial charge is 1.00 e. The number of hydrogen-bond donors (Lipinski definition) is 0. The summed E-state index contributed by atoms with van der Waals surface area (Å²) in [5.41, 5.74) is 0. The first-order valence-electron chi connectivity index (χ1n) is 0.500. The fourth-order valence-electron chi connectivity index (χ4n) is 0. The number of rotatable bonds is 0. The van der Waals surface area contributed by atoms with Gasteiger partial charge in [-0.05, 0) is 0 Å². The Labute approximate surface area is 55.2 Å². The van der Waals surface area contributed by atoms with Crippen LogP contribution >= 0.6 is 0 Å². The first kappa shape index (κ1) is 25.3. The molecule has 0 aromatic carbocycles. The van der Waals surface area contributed by atoms with Gasteiger partial charge in [0, 0.05) is 0 Å². The maximum Gasteiger partial charge on any atom is 1.00 e. The number of hydrogen-bond acceptors (Lipinski definition) is 3. The molecular formula is H4CuO5Se-. The zero-order valence-corrected chi connectivity index (χ0v) is 5.59. The van der Waals surface area contributed by atoms with Crippen molar-refractivity contribution in [3.8, 4) is 0 Å². The molecule has 0 heterocycles. The molecule has 0 aliphatic rings. The van der Waals surface area contributed by atoms with E-state index in [1.165, 1.54) is 0 Å². The molecule has 0 aliphatic heterocycles. The van der Waals surface area contributed by atoms with Crippen molar-refractivity contribution in [2.24, 2.45) is 0 Å². The fraction of sp³-hybridized carbons (Fsp3) is 0. The maximum absolute atomic E-state index is 8.54. The SMILES string of the molecule is O.O.O=[Se]([O-])[O-].[Cu+]. The molecule has 0 saturated carbocycles. The molecular weight excluding hydrogens is 223 g/mol. The molecule has 0 unspecified atom stereocenters. The monoisotopic (exact) mass is 227 g/mol. The minimum atomic E-state index is -3.79. The second-order valence-electron chi connectivity index (χ2n) is 0.204. The molecule has 0 atom stereocenters. The van der Waals surface area contributed by atoms with E-state index in [0.717, 1.165) is 0 Å². The molecule has 0 amide bonds. The van der Waals surface area contributed by atoms with E-state index in [0.29, 0.717) is 0 Å². The summed E-state index contributed by atoms with van der Waals surface area (Å²) in [6.07, 6.45) is 0. The van der Waals surface area contributed by atoms with Gasteiger partial charge in [-0.1, -0.05) is 0 Å². The molecule has 0 aromatic rings. The van der Waals surface area contributed by atoms with E-state index >= 15 is 0 Å². The van der Waals surface area contributed by atoms with Crippen LogP contribution in [0.2, 0.25) is 0 Å². The molecule has 0 radical (unpaired) electrons. The Balaban J connectivity index is -0.0000000150. The van der Waals surface area contributed by atoms with Gasteiger partial charge in [0.1, 0.15) is 0 Å². The molecule has 0 bridgehead atoms. The minimum Gasteiger partial charge on any atom is 1.00 e. The third kappa shape index (κ3) is 317. The Morgan fingerprint density at radius 1 is 1.14 bits per heavy atom. The topological polar surface area (TPSA) is 126 Å². The first-order chi connectivity index (χ1) is 1.73. The van der Waals surface area contributed by atoms with Gasteiger partial charge in [-0.15, -0.1) is 0 Å². The molecule has 0 spiro atoms. The summed E-state index contributed by atoms with van der Waals surface area (Å²) in [5.74, 6) is 0. The summed E-state index contributed by atoms with van der Waals surface area (Å²) >= 11 is -3.79. The minimum absolute atomic E-state index is 0. The van der Waals surface area contributed by atoms with Gasteiger partial charge in [-0.2, -0.15) is 0 Å². The summed E-state index contributed by atoms with van der Waals surface area (Å²) < 4.78 is 25.6. The van der Waals surface area contributed by atoms with Crippen molar-refractivity contribution in [1.82, 2.24) is 0 Å². The summed E-state index contributed by atoms with van der Waals surface area (Å²) in [5, 5.41) is 0. The van der Waals surface area contributed by atoms with Crippen molar-refractivity contribution >= 4 is 14.5 Å². The van der Waals surface area contributed by atoms with Crippen LogP contribution in [0.25, 0.3) is 0 Å². The predicted octanol–water partition coefficient (Wildman–Crippen LogP) is -4.53. The van der Waals surface area contributed by atoms with E-state index in [9.17, 15) is 0 Å². The fourth-order valence-corrected chi connectivity index (χ4v) is 0. The zero-order valence-electron chi connectivity index (χ0n) is 2.93. The average molecular weight is 227 g/mol. The van der Waals surface area contributed by atoms with Crippen LogP contribution in [0.1, 0.15) is 0 Å². The van der Waals surface area contributed by atoms with Gasteiger partial charge in [-0.25, -0.2) is 0 Å². The van der Waals surface area contributed by atoms with Crippen LogP contribution in [0.15, 0.2) is 0 Å². The Morgan fingerprint density at radius 3 is 1.14 bits per heavy atom. The summed E-state index contributed by atoms with van der Waals surface area (Å²) in [7, 11) is 0. The average Bonchev–Trinajstić information content (AvgIpc) is 0.811. The first-order valence-corrected chi connectivity index (χ1v) is 2.60. The van der Waals surface area contributed by atoms with Gasteiger partial charge in [0.2, 0.25) is 0 Å².